The molecule has 0 bridgehead atoms. The van der Waals surface area contributed by atoms with Gasteiger partial charge in [0.05, 0.1) is 0 Å². The molecule has 3 aromatic rings. The number of urea groups is 1. The van der Waals surface area contributed by atoms with Crippen molar-refractivity contribution >= 4 is 22.8 Å². The molecule has 6 heteroatoms. The molecule has 33 heavy (non-hydrogen) atoms. The predicted octanol–water partition coefficient (Wildman–Crippen LogP) is 4.71. The average molecular weight is 447 g/mol. The summed E-state index contributed by atoms with van der Waals surface area (Å²) in [5, 5.41) is 4.21. The van der Waals surface area contributed by atoms with E-state index in [0.717, 1.165) is 30.3 Å². The Hall–Kier alpha value is -3.28. The van der Waals surface area contributed by atoms with Gasteiger partial charge in [-0.25, -0.2) is 4.79 Å². The highest BCUT2D eigenvalue weighted by molar-refractivity contribution is 5.85. The molecular formula is C27H34N4O2. The van der Waals surface area contributed by atoms with Crippen LogP contribution in [-0.4, -0.2) is 51.4 Å². The van der Waals surface area contributed by atoms with Gasteiger partial charge < -0.3 is 20.1 Å². The number of para-hydroxylation sites is 1. The Morgan fingerprint density at radius 1 is 1.03 bits per heavy atom. The van der Waals surface area contributed by atoms with Crippen LogP contribution in [0, 0.1) is 0 Å². The number of H-pyrrole nitrogens is 1. The molecule has 1 saturated carbocycles. The van der Waals surface area contributed by atoms with Crippen molar-refractivity contribution in [1.82, 2.24) is 20.1 Å². The summed E-state index contributed by atoms with van der Waals surface area (Å²) in [6, 6.07) is 18.3. The molecule has 0 spiro atoms. The summed E-state index contributed by atoms with van der Waals surface area (Å²) in [7, 11) is 0. The number of aromatic nitrogens is 1. The minimum absolute atomic E-state index is 0.0188. The normalized spacial score (nSPS) is 13.7. The van der Waals surface area contributed by atoms with E-state index in [1.165, 1.54) is 10.9 Å². The van der Waals surface area contributed by atoms with E-state index >= 15 is 0 Å². The number of nitrogens with one attached hydrogen (secondary N) is 2. The Balaban J connectivity index is 1.49. The molecule has 0 aliphatic heterocycles. The zero-order valence-corrected chi connectivity index (χ0v) is 19.8. The average Bonchev–Trinajstić information content (AvgIpc) is 3.54. The molecule has 174 valence electrons. The third kappa shape index (κ3) is 6.15. The fourth-order valence-electron chi connectivity index (χ4n) is 4.08. The van der Waals surface area contributed by atoms with Crippen LogP contribution in [0.2, 0.25) is 0 Å². The summed E-state index contributed by atoms with van der Waals surface area (Å²) >= 11 is 0. The quantitative estimate of drug-likeness (QED) is 0.526. The van der Waals surface area contributed by atoms with E-state index in [0.29, 0.717) is 13.1 Å². The van der Waals surface area contributed by atoms with Gasteiger partial charge in [0, 0.05) is 41.8 Å². The van der Waals surface area contributed by atoms with Gasteiger partial charge in [-0.2, -0.15) is 0 Å². The summed E-state index contributed by atoms with van der Waals surface area (Å²) in [6.45, 7) is 7.10. The van der Waals surface area contributed by atoms with Crippen molar-refractivity contribution in [3.8, 4) is 0 Å². The fourth-order valence-corrected chi connectivity index (χ4v) is 4.08. The Morgan fingerprint density at radius 3 is 2.42 bits per heavy atom. The molecule has 1 fully saturated rings. The summed E-state index contributed by atoms with van der Waals surface area (Å²) in [4.78, 5) is 33.3. The van der Waals surface area contributed by atoms with Crippen molar-refractivity contribution in [2.24, 2.45) is 0 Å². The lowest BCUT2D eigenvalue weighted by Crippen LogP contribution is -2.52. The maximum absolute atomic E-state index is 13.5. The zero-order valence-electron chi connectivity index (χ0n) is 19.8. The van der Waals surface area contributed by atoms with E-state index < -0.39 is 0 Å². The predicted molar refractivity (Wildman–Crippen MR) is 132 cm³/mol. The Bertz CT molecular complexity index is 1100. The molecule has 6 nitrogen and oxygen atoms in total. The number of benzene rings is 2. The lowest BCUT2D eigenvalue weighted by Gasteiger charge is -2.30. The van der Waals surface area contributed by atoms with Crippen LogP contribution < -0.4 is 5.32 Å². The molecule has 0 radical (unpaired) electrons. The first-order chi connectivity index (χ1) is 15.8. The van der Waals surface area contributed by atoms with Crippen molar-refractivity contribution < 1.29 is 9.59 Å². The first-order valence-corrected chi connectivity index (χ1v) is 11.8. The number of rotatable bonds is 8. The van der Waals surface area contributed by atoms with Crippen LogP contribution in [0.25, 0.3) is 10.9 Å². The van der Waals surface area contributed by atoms with Gasteiger partial charge in [-0.3, -0.25) is 4.79 Å². The summed E-state index contributed by atoms with van der Waals surface area (Å²) in [6.07, 6.45) is 4.70. The monoisotopic (exact) mass is 446 g/mol. The topological polar surface area (TPSA) is 68.4 Å². The van der Waals surface area contributed by atoms with Gasteiger partial charge in [-0.15, -0.1) is 0 Å². The number of aromatic amines is 1. The number of hydrogen-bond donors (Lipinski definition) is 2. The molecular weight excluding hydrogens is 412 g/mol. The molecule has 2 aromatic carbocycles. The highest BCUT2D eigenvalue weighted by Crippen LogP contribution is 2.27. The molecule has 2 N–H and O–H groups in total. The highest BCUT2D eigenvalue weighted by Gasteiger charge is 2.36. The molecule has 1 heterocycles. The van der Waals surface area contributed by atoms with E-state index in [1.807, 2.05) is 74.3 Å². The van der Waals surface area contributed by atoms with Gasteiger partial charge in [0.15, 0.2) is 0 Å². The molecule has 4 rings (SSSR count). The van der Waals surface area contributed by atoms with Crippen LogP contribution in [0.15, 0.2) is 60.8 Å². The number of amides is 3. The molecule has 0 saturated heterocycles. The molecule has 3 amide bonds. The molecule has 1 aromatic heterocycles. The van der Waals surface area contributed by atoms with Crippen LogP contribution in [-0.2, 0) is 17.8 Å². The third-order valence-corrected chi connectivity index (χ3v) is 5.93. The molecule has 1 aliphatic carbocycles. The van der Waals surface area contributed by atoms with Gasteiger partial charge in [-0.1, -0.05) is 48.5 Å². The van der Waals surface area contributed by atoms with Crippen molar-refractivity contribution in [2.75, 3.05) is 13.1 Å². The van der Waals surface area contributed by atoms with Crippen molar-refractivity contribution in [3.63, 3.8) is 0 Å². The lowest BCUT2D eigenvalue weighted by atomic mass is 10.1. The van der Waals surface area contributed by atoms with Gasteiger partial charge in [0.25, 0.3) is 0 Å². The number of hydrogen-bond acceptors (Lipinski definition) is 2. The van der Waals surface area contributed by atoms with E-state index in [2.05, 4.69) is 22.4 Å². The Morgan fingerprint density at radius 2 is 1.73 bits per heavy atom. The van der Waals surface area contributed by atoms with E-state index in [4.69, 9.17) is 0 Å². The Kier molecular flexibility index (Phi) is 6.72. The standard InChI is InChI=1S/C27H34N4O2/c1-27(2,3)29-26(33)31(22-13-14-22)19-25(32)30(18-20-9-5-4-6-10-20)16-15-21-17-28-24-12-8-7-11-23(21)24/h4-12,17,22,28H,13-16,18-19H2,1-3H3,(H,29,33). The number of carbonyl (C=O) groups is 2. The zero-order chi connectivity index (χ0) is 23.4. The largest absolute Gasteiger partial charge is 0.361 e. The lowest BCUT2D eigenvalue weighted by molar-refractivity contribution is -0.132. The number of nitrogens with zero attached hydrogens (tertiary/aromatic N) is 2. The van der Waals surface area contributed by atoms with E-state index in [-0.39, 0.29) is 30.1 Å². The second kappa shape index (κ2) is 9.69. The van der Waals surface area contributed by atoms with Crippen molar-refractivity contribution in [2.45, 2.75) is 58.2 Å². The first kappa shape index (κ1) is 22.9. The number of carbonyl (C=O) groups excluding carboxylic acids is 2. The van der Waals surface area contributed by atoms with Gasteiger partial charge >= 0.3 is 6.03 Å². The van der Waals surface area contributed by atoms with Crippen LogP contribution in [0.4, 0.5) is 4.79 Å². The minimum atomic E-state index is -0.341. The highest BCUT2D eigenvalue weighted by atomic mass is 16.2. The van der Waals surface area contributed by atoms with Crippen LogP contribution in [0.1, 0.15) is 44.7 Å². The van der Waals surface area contributed by atoms with E-state index in [9.17, 15) is 9.59 Å². The van der Waals surface area contributed by atoms with Crippen LogP contribution in [0.5, 0.6) is 0 Å². The summed E-state index contributed by atoms with van der Waals surface area (Å²) in [5.41, 5.74) is 3.04. The fraction of sp³-hybridized carbons (Fsp3) is 0.407. The molecule has 0 atom stereocenters. The minimum Gasteiger partial charge on any atom is -0.361 e. The second-order valence-electron chi connectivity index (χ2n) is 9.95. The summed E-state index contributed by atoms with van der Waals surface area (Å²) in [5.74, 6) is -0.0188. The maximum Gasteiger partial charge on any atom is 0.318 e. The maximum atomic E-state index is 13.5. The van der Waals surface area contributed by atoms with Crippen LogP contribution >= 0.6 is 0 Å². The van der Waals surface area contributed by atoms with Crippen LogP contribution in [0.3, 0.4) is 0 Å². The SMILES string of the molecule is CC(C)(C)NC(=O)N(CC(=O)N(CCc1c[nH]c2ccccc12)Cc1ccccc1)C1CC1. The smallest absolute Gasteiger partial charge is 0.318 e. The van der Waals surface area contributed by atoms with Gasteiger partial charge in [0.2, 0.25) is 5.91 Å². The van der Waals surface area contributed by atoms with Crippen molar-refractivity contribution in [1.29, 1.82) is 0 Å². The Labute approximate surface area is 196 Å². The van der Waals surface area contributed by atoms with Crippen molar-refractivity contribution in [3.05, 3.63) is 71.9 Å². The van der Waals surface area contributed by atoms with Gasteiger partial charge in [0.1, 0.15) is 6.54 Å². The third-order valence-electron chi connectivity index (χ3n) is 5.93. The van der Waals surface area contributed by atoms with Gasteiger partial charge in [-0.05, 0) is 57.2 Å². The molecule has 0 unspecified atom stereocenters. The second-order valence-corrected chi connectivity index (χ2v) is 9.95. The van der Waals surface area contributed by atoms with E-state index in [1.54, 1.807) is 4.90 Å². The first-order valence-electron chi connectivity index (χ1n) is 11.8. The summed E-state index contributed by atoms with van der Waals surface area (Å²) < 4.78 is 0. The molecule has 1 aliphatic rings. The number of fused-ring (bicyclic) bond motifs is 1.